The number of hydrogen-bond donors (Lipinski definition) is 2. The van der Waals surface area contributed by atoms with Gasteiger partial charge in [0.05, 0.1) is 5.69 Å². The lowest BCUT2D eigenvalue weighted by atomic mass is 10.2. The Morgan fingerprint density at radius 2 is 2.21 bits per heavy atom. The predicted molar refractivity (Wildman–Crippen MR) is 53.3 cm³/mol. The topological polar surface area (TPSA) is 81.1 Å². The zero-order chi connectivity index (χ0) is 10.7. The number of nitrogens with zero attached hydrogens (tertiary/aromatic N) is 2. The van der Waals surface area contributed by atoms with Crippen molar-refractivity contribution >= 4 is 11.8 Å². The molecule has 0 amide bonds. The Morgan fingerprint density at radius 1 is 1.57 bits per heavy atom. The first-order valence-electron chi connectivity index (χ1n) is 4.70. The molecule has 0 spiro atoms. The molecule has 0 unspecified atom stereocenters. The fourth-order valence-corrected chi connectivity index (χ4v) is 1.39. The van der Waals surface area contributed by atoms with Crippen molar-refractivity contribution in [2.45, 2.75) is 33.2 Å². The van der Waals surface area contributed by atoms with E-state index in [1.807, 2.05) is 13.8 Å². The molecular weight excluding hydrogens is 182 g/mol. The largest absolute Gasteiger partial charge is 0.477 e. The van der Waals surface area contributed by atoms with Crippen LogP contribution in [0.25, 0.3) is 0 Å². The molecule has 0 atom stereocenters. The van der Waals surface area contributed by atoms with Crippen LogP contribution in [-0.2, 0) is 13.0 Å². The zero-order valence-corrected chi connectivity index (χ0v) is 8.45. The SMILES string of the molecule is CCCn1nc(CC)c(C(=O)O)c1N. The molecule has 0 saturated heterocycles. The van der Waals surface area contributed by atoms with Gasteiger partial charge in [-0.05, 0) is 12.8 Å². The molecule has 1 heterocycles. The molecule has 78 valence electrons. The Kier molecular flexibility index (Phi) is 3.11. The van der Waals surface area contributed by atoms with Crippen molar-refractivity contribution in [2.75, 3.05) is 5.73 Å². The van der Waals surface area contributed by atoms with Crippen molar-refractivity contribution in [3.05, 3.63) is 11.3 Å². The number of nitrogen functional groups attached to an aromatic ring is 1. The summed E-state index contributed by atoms with van der Waals surface area (Å²) in [6.45, 7) is 4.52. The van der Waals surface area contributed by atoms with Crippen LogP contribution in [0.4, 0.5) is 5.82 Å². The van der Waals surface area contributed by atoms with Gasteiger partial charge in [-0.3, -0.25) is 0 Å². The van der Waals surface area contributed by atoms with Crippen LogP contribution in [-0.4, -0.2) is 20.9 Å². The zero-order valence-electron chi connectivity index (χ0n) is 8.45. The molecule has 0 saturated carbocycles. The number of rotatable bonds is 4. The quantitative estimate of drug-likeness (QED) is 0.758. The maximum absolute atomic E-state index is 10.9. The molecule has 0 bridgehead atoms. The number of anilines is 1. The summed E-state index contributed by atoms with van der Waals surface area (Å²) in [5.74, 6) is -0.738. The molecule has 5 nitrogen and oxygen atoms in total. The van der Waals surface area contributed by atoms with Crippen molar-refractivity contribution < 1.29 is 9.90 Å². The van der Waals surface area contributed by atoms with E-state index < -0.39 is 5.97 Å². The fourth-order valence-electron chi connectivity index (χ4n) is 1.39. The lowest BCUT2D eigenvalue weighted by Crippen LogP contribution is -2.07. The van der Waals surface area contributed by atoms with Crippen LogP contribution in [0, 0.1) is 0 Å². The molecule has 3 N–H and O–H groups in total. The van der Waals surface area contributed by atoms with Crippen molar-refractivity contribution in [3.63, 3.8) is 0 Å². The summed E-state index contributed by atoms with van der Waals surface area (Å²) in [5.41, 5.74) is 6.40. The summed E-state index contributed by atoms with van der Waals surface area (Å²) < 4.78 is 1.56. The van der Waals surface area contributed by atoms with E-state index in [4.69, 9.17) is 10.8 Å². The maximum Gasteiger partial charge on any atom is 0.341 e. The molecule has 0 fully saturated rings. The first-order valence-corrected chi connectivity index (χ1v) is 4.70. The fraction of sp³-hybridized carbons (Fsp3) is 0.556. The summed E-state index contributed by atoms with van der Waals surface area (Å²) in [5, 5.41) is 13.1. The molecule has 1 aromatic heterocycles. The Morgan fingerprint density at radius 3 is 2.57 bits per heavy atom. The van der Waals surface area contributed by atoms with Crippen LogP contribution in [0.1, 0.15) is 36.3 Å². The highest BCUT2D eigenvalue weighted by atomic mass is 16.4. The minimum atomic E-state index is -0.998. The second-order valence-corrected chi connectivity index (χ2v) is 3.09. The Balaban J connectivity index is 3.18. The second kappa shape index (κ2) is 4.13. The summed E-state index contributed by atoms with van der Waals surface area (Å²) in [6, 6.07) is 0. The van der Waals surface area contributed by atoms with Crippen molar-refractivity contribution in [1.29, 1.82) is 0 Å². The van der Waals surface area contributed by atoms with E-state index in [9.17, 15) is 4.79 Å². The van der Waals surface area contributed by atoms with E-state index in [2.05, 4.69) is 5.10 Å². The lowest BCUT2D eigenvalue weighted by molar-refractivity contribution is 0.0697. The number of aromatic carboxylic acids is 1. The van der Waals surface area contributed by atoms with Gasteiger partial charge in [0.1, 0.15) is 11.4 Å². The van der Waals surface area contributed by atoms with Gasteiger partial charge in [-0.2, -0.15) is 5.10 Å². The summed E-state index contributed by atoms with van der Waals surface area (Å²) in [4.78, 5) is 10.9. The minimum Gasteiger partial charge on any atom is -0.477 e. The first kappa shape index (κ1) is 10.6. The first-order chi connectivity index (χ1) is 6.61. The van der Waals surface area contributed by atoms with E-state index in [-0.39, 0.29) is 11.4 Å². The van der Waals surface area contributed by atoms with Gasteiger partial charge in [-0.25, -0.2) is 9.48 Å². The van der Waals surface area contributed by atoms with Crippen LogP contribution in [0.15, 0.2) is 0 Å². The van der Waals surface area contributed by atoms with Crippen molar-refractivity contribution in [2.24, 2.45) is 0 Å². The van der Waals surface area contributed by atoms with Gasteiger partial charge < -0.3 is 10.8 Å². The van der Waals surface area contributed by atoms with Gasteiger partial charge in [-0.1, -0.05) is 13.8 Å². The lowest BCUT2D eigenvalue weighted by Gasteiger charge is -2.00. The second-order valence-electron chi connectivity index (χ2n) is 3.09. The van der Waals surface area contributed by atoms with Crippen LogP contribution in [0.2, 0.25) is 0 Å². The van der Waals surface area contributed by atoms with Crippen LogP contribution in [0.3, 0.4) is 0 Å². The van der Waals surface area contributed by atoms with E-state index in [1.165, 1.54) is 0 Å². The third kappa shape index (κ3) is 1.71. The molecule has 1 rings (SSSR count). The predicted octanol–water partition coefficient (Wildman–Crippen LogP) is 1.14. The van der Waals surface area contributed by atoms with E-state index in [1.54, 1.807) is 4.68 Å². The molecule has 0 aromatic carbocycles. The third-order valence-electron chi connectivity index (χ3n) is 2.05. The number of aryl methyl sites for hydroxylation is 2. The van der Waals surface area contributed by atoms with Crippen LogP contribution >= 0.6 is 0 Å². The number of nitrogens with two attached hydrogens (primary N) is 1. The standard InChI is InChI=1S/C9H15N3O2/c1-3-5-12-8(10)7(9(13)14)6(4-2)11-12/h3-5,10H2,1-2H3,(H,13,14). The van der Waals surface area contributed by atoms with E-state index in [0.717, 1.165) is 6.42 Å². The number of aromatic nitrogens is 2. The number of carboxylic acid groups (broad SMARTS) is 1. The van der Waals surface area contributed by atoms with Gasteiger partial charge in [0.2, 0.25) is 0 Å². The highest BCUT2D eigenvalue weighted by molar-refractivity contribution is 5.94. The molecular formula is C9H15N3O2. The van der Waals surface area contributed by atoms with Crippen molar-refractivity contribution in [1.82, 2.24) is 9.78 Å². The Labute approximate surface area is 82.5 Å². The average molecular weight is 197 g/mol. The highest BCUT2D eigenvalue weighted by Crippen LogP contribution is 2.17. The van der Waals surface area contributed by atoms with Crippen molar-refractivity contribution in [3.8, 4) is 0 Å². The molecule has 0 radical (unpaired) electrons. The van der Waals surface area contributed by atoms with E-state index >= 15 is 0 Å². The maximum atomic E-state index is 10.9. The van der Waals surface area contributed by atoms with Gasteiger partial charge >= 0.3 is 5.97 Å². The molecule has 5 heteroatoms. The summed E-state index contributed by atoms with van der Waals surface area (Å²) >= 11 is 0. The Bertz CT molecular complexity index is 344. The van der Waals surface area contributed by atoms with Gasteiger partial charge in [0, 0.05) is 6.54 Å². The molecule has 0 aliphatic heterocycles. The highest BCUT2D eigenvalue weighted by Gasteiger charge is 2.19. The minimum absolute atomic E-state index is 0.154. The smallest absolute Gasteiger partial charge is 0.341 e. The monoisotopic (exact) mass is 197 g/mol. The molecule has 0 aliphatic carbocycles. The van der Waals surface area contributed by atoms with Crippen LogP contribution < -0.4 is 5.73 Å². The van der Waals surface area contributed by atoms with Gasteiger partial charge in [-0.15, -0.1) is 0 Å². The summed E-state index contributed by atoms with van der Waals surface area (Å²) in [6.07, 6.45) is 1.47. The van der Waals surface area contributed by atoms with E-state index in [0.29, 0.717) is 18.7 Å². The van der Waals surface area contributed by atoms with Gasteiger partial charge in [0.15, 0.2) is 0 Å². The summed E-state index contributed by atoms with van der Waals surface area (Å²) in [7, 11) is 0. The average Bonchev–Trinajstić information content (AvgIpc) is 2.44. The van der Waals surface area contributed by atoms with Gasteiger partial charge in [0.25, 0.3) is 0 Å². The number of carbonyl (C=O) groups is 1. The number of hydrogen-bond acceptors (Lipinski definition) is 3. The molecule has 0 aliphatic rings. The molecule has 1 aromatic rings. The van der Waals surface area contributed by atoms with Crippen LogP contribution in [0.5, 0.6) is 0 Å². The normalized spacial score (nSPS) is 10.4. The number of carboxylic acids is 1. The Hall–Kier alpha value is -1.52. The molecule has 14 heavy (non-hydrogen) atoms. The third-order valence-corrected chi connectivity index (χ3v) is 2.05.